The molecule has 1 aromatic rings. The first-order valence-electron chi connectivity index (χ1n) is 5.98. The van der Waals surface area contributed by atoms with E-state index in [4.69, 9.17) is 4.74 Å². The van der Waals surface area contributed by atoms with Gasteiger partial charge in [0, 0.05) is 12.0 Å². The smallest absolute Gasteiger partial charge is 0.308 e. The van der Waals surface area contributed by atoms with Crippen molar-refractivity contribution < 1.29 is 18.3 Å². The van der Waals surface area contributed by atoms with Crippen molar-refractivity contribution in [1.29, 1.82) is 0 Å². The lowest BCUT2D eigenvalue weighted by Crippen LogP contribution is -2.23. The van der Waals surface area contributed by atoms with E-state index in [9.17, 15) is 13.6 Å². The molecule has 0 fully saturated rings. The second-order valence-corrected chi connectivity index (χ2v) is 4.43. The van der Waals surface area contributed by atoms with Gasteiger partial charge in [-0.05, 0) is 13.8 Å². The lowest BCUT2D eigenvalue weighted by atomic mass is 9.96. The van der Waals surface area contributed by atoms with E-state index in [2.05, 4.69) is 0 Å². The maximum absolute atomic E-state index is 13.9. The molecule has 0 aliphatic heterocycles. The Morgan fingerprint density at radius 2 is 1.89 bits per heavy atom. The molecular weight excluding hydrogens is 238 g/mol. The summed E-state index contributed by atoms with van der Waals surface area (Å²) >= 11 is 0. The molecule has 0 aliphatic carbocycles. The number of ether oxygens (including phenoxy) is 1. The number of carbonyl (C=O) groups is 1. The Kier molecular flexibility index (Phi) is 4.82. The normalized spacial score (nSPS) is 13.2. The Morgan fingerprint density at radius 3 is 2.39 bits per heavy atom. The first kappa shape index (κ1) is 14.6. The highest BCUT2D eigenvalue weighted by Crippen LogP contribution is 2.35. The van der Waals surface area contributed by atoms with Gasteiger partial charge in [-0.3, -0.25) is 4.79 Å². The second-order valence-electron chi connectivity index (χ2n) is 4.43. The Hall–Kier alpha value is -1.45. The molecule has 1 aromatic carbocycles. The SMILES string of the molecule is CCOC(=O)C(C)CC(F)(F)c1ccc(C)cc1. The molecule has 4 heteroatoms. The van der Waals surface area contributed by atoms with Crippen LogP contribution in [-0.4, -0.2) is 12.6 Å². The highest BCUT2D eigenvalue weighted by atomic mass is 19.3. The summed E-state index contributed by atoms with van der Waals surface area (Å²) in [6.45, 7) is 5.16. The third-order valence-electron chi connectivity index (χ3n) is 2.73. The van der Waals surface area contributed by atoms with E-state index in [1.54, 1.807) is 19.1 Å². The number of esters is 1. The van der Waals surface area contributed by atoms with E-state index in [1.807, 2.05) is 6.92 Å². The minimum Gasteiger partial charge on any atom is -0.466 e. The van der Waals surface area contributed by atoms with E-state index < -0.39 is 24.2 Å². The number of benzene rings is 1. The van der Waals surface area contributed by atoms with Crippen LogP contribution in [0.5, 0.6) is 0 Å². The highest BCUT2D eigenvalue weighted by molar-refractivity contribution is 5.72. The summed E-state index contributed by atoms with van der Waals surface area (Å²) in [5, 5.41) is 0. The van der Waals surface area contributed by atoms with Gasteiger partial charge >= 0.3 is 5.97 Å². The van der Waals surface area contributed by atoms with Crippen LogP contribution in [0.25, 0.3) is 0 Å². The zero-order chi connectivity index (χ0) is 13.8. The van der Waals surface area contributed by atoms with E-state index >= 15 is 0 Å². The molecular formula is C14H18F2O2. The summed E-state index contributed by atoms with van der Waals surface area (Å²) in [4.78, 5) is 11.4. The minimum absolute atomic E-state index is 0.0655. The van der Waals surface area contributed by atoms with Crippen LogP contribution in [0.15, 0.2) is 24.3 Å². The van der Waals surface area contributed by atoms with Crippen molar-refractivity contribution >= 4 is 5.97 Å². The number of hydrogen-bond acceptors (Lipinski definition) is 2. The number of carbonyl (C=O) groups excluding carboxylic acids is 1. The molecule has 0 bridgehead atoms. The van der Waals surface area contributed by atoms with Crippen LogP contribution in [-0.2, 0) is 15.5 Å². The van der Waals surface area contributed by atoms with Gasteiger partial charge in [-0.1, -0.05) is 36.8 Å². The Balaban J connectivity index is 2.75. The van der Waals surface area contributed by atoms with Crippen LogP contribution < -0.4 is 0 Å². The summed E-state index contributed by atoms with van der Waals surface area (Å²) in [5.74, 6) is -4.41. The van der Waals surface area contributed by atoms with Gasteiger partial charge in [0.15, 0.2) is 0 Å². The molecule has 0 aromatic heterocycles. The molecule has 0 heterocycles. The van der Waals surface area contributed by atoms with Crippen LogP contribution in [0.1, 0.15) is 31.4 Å². The van der Waals surface area contributed by atoms with Gasteiger partial charge in [0.25, 0.3) is 5.92 Å². The molecule has 0 N–H and O–H groups in total. The van der Waals surface area contributed by atoms with Crippen molar-refractivity contribution in [2.75, 3.05) is 6.61 Å². The van der Waals surface area contributed by atoms with Gasteiger partial charge in [-0.15, -0.1) is 0 Å². The van der Waals surface area contributed by atoms with Crippen LogP contribution in [0.4, 0.5) is 8.78 Å². The topological polar surface area (TPSA) is 26.3 Å². The fraction of sp³-hybridized carbons (Fsp3) is 0.500. The first-order valence-corrected chi connectivity index (χ1v) is 5.98. The predicted octanol–water partition coefficient (Wildman–Crippen LogP) is 3.68. The van der Waals surface area contributed by atoms with E-state index in [0.29, 0.717) is 0 Å². The third kappa shape index (κ3) is 3.79. The van der Waals surface area contributed by atoms with Gasteiger partial charge in [0.05, 0.1) is 12.5 Å². The molecule has 0 saturated heterocycles. The number of alkyl halides is 2. The number of rotatable bonds is 5. The molecule has 0 spiro atoms. The fourth-order valence-corrected chi connectivity index (χ4v) is 1.67. The average molecular weight is 256 g/mol. The molecule has 0 radical (unpaired) electrons. The zero-order valence-electron chi connectivity index (χ0n) is 10.9. The number of aryl methyl sites for hydroxylation is 1. The summed E-state index contributed by atoms with van der Waals surface area (Å²) in [6, 6.07) is 6.07. The maximum Gasteiger partial charge on any atom is 0.308 e. The van der Waals surface area contributed by atoms with Gasteiger partial charge in [0.2, 0.25) is 0 Å². The minimum atomic E-state index is -3.01. The average Bonchev–Trinajstić information content (AvgIpc) is 2.29. The lowest BCUT2D eigenvalue weighted by molar-refractivity contribution is -0.151. The molecule has 0 aliphatic rings. The Labute approximate surface area is 106 Å². The standard InChI is InChI=1S/C14H18F2O2/c1-4-18-13(17)11(3)9-14(15,16)12-7-5-10(2)6-8-12/h5-8,11H,4,9H2,1-3H3. The van der Waals surface area contributed by atoms with Gasteiger partial charge in [0.1, 0.15) is 0 Å². The molecule has 0 saturated carbocycles. The molecule has 1 atom stereocenters. The van der Waals surface area contributed by atoms with Gasteiger partial charge < -0.3 is 4.74 Å². The number of hydrogen-bond donors (Lipinski definition) is 0. The molecule has 2 nitrogen and oxygen atoms in total. The van der Waals surface area contributed by atoms with Gasteiger partial charge in [-0.25, -0.2) is 8.78 Å². The first-order chi connectivity index (χ1) is 8.36. The van der Waals surface area contributed by atoms with Crippen LogP contribution in [0.2, 0.25) is 0 Å². The highest BCUT2D eigenvalue weighted by Gasteiger charge is 2.35. The Bertz CT molecular complexity index is 399. The zero-order valence-corrected chi connectivity index (χ0v) is 10.9. The predicted molar refractivity (Wildman–Crippen MR) is 65.5 cm³/mol. The number of halogens is 2. The van der Waals surface area contributed by atoms with Crippen LogP contribution in [0, 0.1) is 12.8 Å². The fourth-order valence-electron chi connectivity index (χ4n) is 1.67. The van der Waals surface area contributed by atoms with Gasteiger partial charge in [-0.2, -0.15) is 0 Å². The van der Waals surface area contributed by atoms with E-state index in [0.717, 1.165) is 5.56 Å². The second kappa shape index (κ2) is 5.94. The van der Waals surface area contributed by atoms with Crippen LogP contribution >= 0.6 is 0 Å². The lowest BCUT2D eigenvalue weighted by Gasteiger charge is -2.20. The monoisotopic (exact) mass is 256 g/mol. The molecule has 1 unspecified atom stereocenters. The molecule has 1 rings (SSSR count). The molecule has 100 valence electrons. The molecule has 18 heavy (non-hydrogen) atoms. The summed E-state index contributed by atoms with van der Waals surface area (Å²) < 4.78 is 32.6. The van der Waals surface area contributed by atoms with Crippen molar-refractivity contribution in [3.63, 3.8) is 0 Å². The van der Waals surface area contributed by atoms with Crippen molar-refractivity contribution in [3.8, 4) is 0 Å². The van der Waals surface area contributed by atoms with Crippen molar-refractivity contribution in [1.82, 2.24) is 0 Å². The van der Waals surface area contributed by atoms with Crippen molar-refractivity contribution in [2.24, 2.45) is 5.92 Å². The molecule has 0 amide bonds. The quantitative estimate of drug-likeness (QED) is 0.751. The summed E-state index contributed by atoms with van der Waals surface area (Å²) in [7, 11) is 0. The largest absolute Gasteiger partial charge is 0.466 e. The van der Waals surface area contributed by atoms with E-state index in [-0.39, 0.29) is 12.2 Å². The van der Waals surface area contributed by atoms with Crippen molar-refractivity contribution in [2.45, 2.75) is 33.1 Å². The maximum atomic E-state index is 13.9. The van der Waals surface area contributed by atoms with E-state index in [1.165, 1.54) is 19.1 Å². The Morgan fingerprint density at radius 1 is 1.33 bits per heavy atom. The van der Waals surface area contributed by atoms with Crippen molar-refractivity contribution in [3.05, 3.63) is 35.4 Å². The summed E-state index contributed by atoms with van der Waals surface area (Å²) in [5.41, 5.74) is 0.859. The summed E-state index contributed by atoms with van der Waals surface area (Å²) in [6.07, 6.45) is -0.533. The van der Waals surface area contributed by atoms with Crippen LogP contribution in [0.3, 0.4) is 0 Å². The third-order valence-corrected chi connectivity index (χ3v) is 2.73.